The van der Waals surface area contributed by atoms with Crippen LogP contribution in [0.1, 0.15) is 26.7 Å². The molecule has 158 valence electrons. The van der Waals surface area contributed by atoms with Crippen molar-refractivity contribution in [2.75, 3.05) is 11.9 Å². The number of benzene rings is 1. The summed E-state index contributed by atoms with van der Waals surface area (Å²) in [7, 11) is 0. The number of ether oxygens (including phenoxy) is 1. The number of anilines is 1. The zero-order chi connectivity index (χ0) is 21.3. The highest BCUT2D eigenvalue weighted by Crippen LogP contribution is 2.32. The van der Waals surface area contributed by atoms with Crippen LogP contribution in [0.25, 0.3) is 10.2 Å². The minimum Gasteiger partial charge on any atom is -0.406 e. The maximum absolute atomic E-state index is 12.7. The fourth-order valence-electron chi connectivity index (χ4n) is 3.12. The number of nitrogens with one attached hydrogen (secondary N) is 1. The van der Waals surface area contributed by atoms with Gasteiger partial charge in [0.15, 0.2) is 5.13 Å². The Labute approximate surface area is 169 Å². The van der Waals surface area contributed by atoms with Crippen LogP contribution in [-0.4, -0.2) is 46.7 Å². The summed E-state index contributed by atoms with van der Waals surface area (Å²) in [6, 6.07) is 2.42. The van der Waals surface area contributed by atoms with E-state index >= 15 is 0 Å². The second-order valence-corrected chi connectivity index (χ2v) is 8.18. The summed E-state index contributed by atoms with van der Waals surface area (Å²) in [5, 5.41) is 2.90. The molecule has 0 aliphatic carbocycles. The number of aromatic nitrogens is 1. The number of nitrogens with zero attached hydrogens (tertiary/aromatic N) is 2. The molecule has 0 unspecified atom stereocenters. The first kappa shape index (κ1) is 21.3. The Bertz CT molecular complexity index is 915. The van der Waals surface area contributed by atoms with Crippen molar-refractivity contribution in [1.82, 2.24) is 9.88 Å². The lowest BCUT2D eigenvalue weighted by atomic mass is 10.0. The zero-order valence-electron chi connectivity index (χ0n) is 15.8. The first-order valence-corrected chi connectivity index (χ1v) is 9.90. The van der Waals surface area contributed by atoms with Crippen LogP contribution in [0.3, 0.4) is 0 Å². The molecule has 2 heterocycles. The van der Waals surface area contributed by atoms with E-state index in [2.05, 4.69) is 15.0 Å². The number of hydrogen-bond acceptors (Lipinski definition) is 6. The summed E-state index contributed by atoms with van der Waals surface area (Å²) >= 11 is 1.03. The molecule has 0 radical (unpaired) electrons. The van der Waals surface area contributed by atoms with Crippen molar-refractivity contribution in [1.29, 1.82) is 0 Å². The Hall–Kier alpha value is -2.40. The van der Waals surface area contributed by atoms with Gasteiger partial charge in [0, 0.05) is 12.6 Å². The van der Waals surface area contributed by atoms with E-state index in [9.17, 15) is 22.8 Å². The Kier molecular flexibility index (Phi) is 5.99. The molecule has 2 amide bonds. The van der Waals surface area contributed by atoms with E-state index in [0.29, 0.717) is 29.6 Å². The van der Waals surface area contributed by atoms with Gasteiger partial charge in [0.1, 0.15) is 11.8 Å². The van der Waals surface area contributed by atoms with Crippen molar-refractivity contribution in [3.63, 3.8) is 0 Å². The fourth-order valence-corrected chi connectivity index (χ4v) is 4.02. The van der Waals surface area contributed by atoms with Gasteiger partial charge in [-0.2, -0.15) is 0 Å². The van der Waals surface area contributed by atoms with Gasteiger partial charge in [0.2, 0.25) is 11.8 Å². The SMILES string of the molecule is CC(C)[C@H](N)C(=O)N1CCC[C@H]1C(=O)Nc1nc2ccc(OC(F)(F)F)cc2s1. The molecule has 1 aromatic carbocycles. The van der Waals surface area contributed by atoms with Crippen LogP contribution in [0.5, 0.6) is 5.75 Å². The molecule has 2 atom stereocenters. The number of fused-ring (bicyclic) bond motifs is 1. The molecule has 1 aliphatic rings. The molecule has 0 spiro atoms. The number of rotatable bonds is 5. The van der Waals surface area contributed by atoms with E-state index in [1.54, 1.807) is 0 Å². The molecule has 3 rings (SSSR count). The van der Waals surface area contributed by atoms with Crippen molar-refractivity contribution in [3.05, 3.63) is 18.2 Å². The van der Waals surface area contributed by atoms with Crippen LogP contribution >= 0.6 is 11.3 Å². The van der Waals surface area contributed by atoms with E-state index in [1.807, 2.05) is 13.8 Å². The minimum atomic E-state index is -4.79. The molecule has 1 saturated heterocycles. The van der Waals surface area contributed by atoms with E-state index in [4.69, 9.17) is 5.73 Å². The number of alkyl halides is 3. The second kappa shape index (κ2) is 8.15. The molecule has 1 aromatic heterocycles. The highest BCUT2D eigenvalue weighted by molar-refractivity contribution is 7.22. The topological polar surface area (TPSA) is 97.6 Å². The van der Waals surface area contributed by atoms with Gasteiger partial charge < -0.3 is 20.7 Å². The van der Waals surface area contributed by atoms with Gasteiger partial charge in [-0.15, -0.1) is 13.2 Å². The van der Waals surface area contributed by atoms with Crippen molar-refractivity contribution in [2.45, 2.75) is 45.1 Å². The predicted octanol–water partition coefficient (Wildman–Crippen LogP) is 3.11. The fraction of sp³-hybridized carbons (Fsp3) is 0.500. The van der Waals surface area contributed by atoms with Crippen LogP contribution in [-0.2, 0) is 9.59 Å². The molecular formula is C18H21F3N4O3S. The Morgan fingerprint density at radius 2 is 2.10 bits per heavy atom. The number of carbonyl (C=O) groups excluding carboxylic acids is 2. The minimum absolute atomic E-state index is 0.0517. The lowest BCUT2D eigenvalue weighted by Crippen LogP contribution is -2.51. The normalized spacial score (nSPS) is 18.3. The Morgan fingerprint density at radius 1 is 1.38 bits per heavy atom. The Balaban J connectivity index is 1.72. The summed E-state index contributed by atoms with van der Waals surface area (Å²) in [4.78, 5) is 31.0. The average Bonchev–Trinajstić information content (AvgIpc) is 3.24. The van der Waals surface area contributed by atoms with E-state index in [0.717, 1.165) is 17.4 Å². The number of hydrogen-bond donors (Lipinski definition) is 2. The smallest absolute Gasteiger partial charge is 0.406 e. The van der Waals surface area contributed by atoms with Crippen molar-refractivity contribution in [3.8, 4) is 5.75 Å². The van der Waals surface area contributed by atoms with E-state index in [-0.39, 0.29) is 22.7 Å². The summed E-state index contributed by atoms with van der Waals surface area (Å²) in [5.41, 5.74) is 6.37. The third kappa shape index (κ3) is 4.96. The Morgan fingerprint density at radius 3 is 2.76 bits per heavy atom. The predicted molar refractivity (Wildman–Crippen MR) is 102 cm³/mol. The number of nitrogens with two attached hydrogens (primary N) is 1. The highest BCUT2D eigenvalue weighted by Gasteiger charge is 2.37. The monoisotopic (exact) mass is 430 g/mol. The van der Waals surface area contributed by atoms with Crippen molar-refractivity contribution in [2.24, 2.45) is 11.7 Å². The van der Waals surface area contributed by atoms with Gasteiger partial charge in [-0.1, -0.05) is 25.2 Å². The average molecular weight is 430 g/mol. The quantitative estimate of drug-likeness (QED) is 0.760. The standard InChI is InChI=1S/C18H21F3N4O3S/c1-9(2)14(22)16(27)25-7-3-4-12(25)15(26)24-17-23-11-6-5-10(8-13(11)29-17)28-18(19,20)21/h5-6,8-9,12,14H,3-4,7,22H2,1-2H3,(H,23,24,26)/t12-,14-/m0/s1. The van der Waals surface area contributed by atoms with Crippen LogP contribution in [0, 0.1) is 5.92 Å². The molecule has 11 heteroatoms. The number of thiazole rings is 1. The van der Waals surface area contributed by atoms with Gasteiger partial charge in [-0.25, -0.2) is 4.98 Å². The lowest BCUT2D eigenvalue weighted by molar-refractivity contribution is -0.274. The van der Waals surface area contributed by atoms with Crippen LogP contribution in [0.2, 0.25) is 0 Å². The number of amides is 2. The van der Waals surface area contributed by atoms with Crippen molar-refractivity contribution < 1.29 is 27.5 Å². The molecule has 2 aromatic rings. The molecule has 0 saturated carbocycles. The summed E-state index contributed by atoms with van der Waals surface area (Å²) in [6.45, 7) is 4.13. The van der Waals surface area contributed by atoms with E-state index < -0.39 is 24.4 Å². The third-order valence-corrected chi connectivity index (χ3v) is 5.60. The molecular weight excluding hydrogens is 409 g/mol. The van der Waals surface area contributed by atoms with Gasteiger partial charge in [-0.05, 0) is 30.9 Å². The zero-order valence-corrected chi connectivity index (χ0v) is 16.6. The lowest BCUT2D eigenvalue weighted by Gasteiger charge is -2.27. The van der Waals surface area contributed by atoms with Gasteiger partial charge in [0.05, 0.1) is 16.3 Å². The van der Waals surface area contributed by atoms with Crippen LogP contribution in [0.4, 0.5) is 18.3 Å². The van der Waals surface area contributed by atoms with Gasteiger partial charge >= 0.3 is 6.36 Å². The van der Waals surface area contributed by atoms with Gasteiger partial charge in [0.25, 0.3) is 0 Å². The molecule has 7 nitrogen and oxygen atoms in total. The molecule has 0 bridgehead atoms. The first-order chi connectivity index (χ1) is 13.5. The molecule has 1 aliphatic heterocycles. The number of halogens is 3. The second-order valence-electron chi connectivity index (χ2n) is 7.15. The maximum atomic E-state index is 12.7. The number of carbonyl (C=O) groups is 2. The largest absolute Gasteiger partial charge is 0.573 e. The maximum Gasteiger partial charge on any atom is 0.573 e. The van der Waals surface area contributed by atoms with Crippen LogP contribution < -0.4 is 15.8 Å². The van der Waals surface area contributed by atoms with Crippen LogP contribution in [0.15, 0.2) is 18.2 Å². The van der Waals surface area contributed by atoms with E-state index in [1.165, 1.54) is 17.0 Å². The molecule has 1 fully saturated rings. The summed E-state index contributed by atoms with van der Waals surface area (Å²) < 4.78 is 41.4. The van der Waals surface area contributed by atoms with Gasteiger partial charge in [-0.3, -0.25) is 9.59 Å². The highest BCUT2D eigenvalue weighted by atomic mass is 32.1. The molecule has 3 N–H and O–H groups in total. The summed E-state index contributed by atoms with van der Waals surface area (Å²) in [6.07, 6.45) is -3.59. The third-order valence-electron chi connectivity index (χ3n) is 4.67. The number of likely N-dealkylation sites (tertiary alicyclic amines) is 1. The first-order valence-electron chi connectivity index (χ1n) is 9.08. The van der Waals surface area contributed by atoms with Crippen molar-refractivity contribution >= 4 is 38.5 Å². The summed E-state index contributed by atoms with van der Waals surface area (Å²) in [5.74, 6) is -1.07. The molecule has 29 heavy (non-hydrogen) atoms.